The van der Waals surface area contributed by atoms with Crippen LogP contribution in [-0.4, -0.2) is 76.6 Å². The van der Waals surface area contributed by atoms with E-state index in [0.717, 1.165) is 47.2 Å². The second-order valence-corrected chi connectivity index (χ2v) is 23.1. The molecule has 1 amide bonds. The summed E-state index contributed by atoms with van der Waals surface area (Å²) in [4.78, 5) is 24.7. The molecule has 2 saturated carbocycles. The summed E-state index contributed by atoms with van der Waals surface area (Å²) in [6.45, 7) is 19.4. The largest absolute Gasteiger partial charge is 0.481 e. The van der Waals surface area contributed by atoms with Gasteiger partial charge in [0.1, 0.15) is 17.7 Å². The minimum Gasteiger partial charge on any atom is -0.481 e. The highest BCUT2D eigenvalue weighted by Crippen LogP contribution is 2.52. The maximum absolute atomic E-state index is 13.5. The number of amides is 1. The molecule has 388 valence electrons. The van der Waals surface area contributed by atoms with Crippen molar-refractivity contribution in [2.45, 2.75) is 153 Å². The van der Waals surface area contributed by atoms with Gasteiger partial charge in [0.2, 0.25) is 19.4 Å². The monoisotopic (exact) mass is 1000 g/mol. The van der Waals surface area contributed by atoms with E-state index in [9.17, 15) is 9.59 Å². The first kappa shape index (κ1) is 45.4. The zero-order valence-electron chi connectivity index (χ0n) is 47.4. The molecule has 0 spiro atoms. The number of nitrogen functional groups attached to an aromatic ring is 1. The summed E-state index contributed by atoms with van der Waals surface area (Å²) in [5.74, 6) is -0.746. The van der Waals surface area contributed by atoms with E-state index in [4.69, 9.17) is 54.2 Å². The van der Waals surface area contributed by atoms with Crippen molar-refractivity contribution in [2.24, 2.45) is 0 Å². The van der Waals surface area contributed by atoms with E-state index in [2.05, 4.69) is 80.3 Å². The number of carbonyl (C=O) groups excluding carboxylic acids is 1. The average molecular weight is 1000 g/mol. The van der Waals surface area contributed by atoms with E-state index in [1.807, 2.05) is 58.0 Å². The number of nitrogens with zero attached hydrogens (tertiary/aromatic N) is 2. The summed E-state index contributed by atoms with van der Waals surface area (Å²) in [5, 5.41) is 14.5. The zero-order valence-corrected chi connectivity index (χ0v) is 43.4. The average Bonchev–Trinajstić information content (AvgIpc) is 4.09. The molecule has 0 radical (unpaired) electrons. The molecule has 73 heavy (non-hydrogen) atoms. The summed E-state index contributed by atoms with van der Waals surface area (Å²) >= 11 is 0. The quantitative estimate of drug-likeness (QED) is 0.117. The second-order valence-electron chi connectivity index (χ2n) is 23.1. The number of anilines is 2. The van der Waals surface area contributed by atoms with Crippen LogP contribution in [0.5, 0.6) is 23.0 Å². The van der Waals surface area contributed by atoms with Gasteiger partial charge in [0.25, 0.3) is 0 Å². The summed E-state index contributed by atoms with van der Waals surface area (Å²) in [6, 6.07) is 26.6. The lowest BCUT2D eigenvalue weighted by molar-refractivity contribution is -0.140. The van der Waals surface area contributed by atoms with Crippen molar-refractivity contribution < 1.29 is 58.1 Å². The first-order valence-electron chi connectivity index (χ1n) is 27.1. The number of aromatic nitrogens is 2. The fraction of sp³-hybridized carbons (Fsp3) is 0.483. The number of ether oxygens (including phenoxy) is 8. The Balaban J connectivity index is 0.000000145. The number of hydrogen-bond acceptors (Lipinski definition) is 11. The number of nitrogens with one attached hydrogen (secondary N) is 1. The lowest BCUT2D eigenvalue weighted by atomic mass is 9.92. The van der Waals surface area contributed by atoms with Crippen LogP contribution < -0.4 is 30.0 Å². The number of carbonyl (C=O) groups is 2. The fourth-order valence-electron chi connectivity index (χ4n) is 10.3. The van der Waals surface area contributed by atoms with Gasteiger partial charge in [-0.15, -0.1) is 0 Å². The fourth-order valence-corrected chi connectivity index (χ4v) is 10.3. The zero-order chi connectivity index (χ0) is 55.5. The molecule has 2 aliphatic carbocycles. The molecule has 6 heterocycles. The molecule has 2 saturated heterocycles. The molecule has 6 aliphatic rings. The summed E-state index contributed by atoms with van der Waals surface area (Å²) in [5.41, 5.74) is 12.2. The third-order valence-corrected chi connectivity index (χ3v) is 14.5. The minimum atomic E-state index is -2.19. The van der Waals surface area contributed by atoms with Crippen LogP contribution in [0.15, 0.2) is 84.9 Å². The van der Waals surface area contributed by atoms with Gasteiger partial charge in [0.05, 0.1) is 37.1 Å². The van der Waals surface area contributed by atoms with Crippen molar-refractivity contribution in [1.29, 1.82) is 0 Å². The standard InChI is InChI=1S/C29H34N2O5.C18H26N2O2.C11H10O4/c1-27(2,3)25-13-18-12-20(7-8-22(18)31(25)15-21-16-35-28(4,5)36-21)30-26(32)29(10-11-29)19-6-9-23-24(14-19)34-17-33-23;1-17(2,3)16-9-12-8-13(19)6-7-15(12)20(16)10-14-11-21-18(4,5)22-14;12-10(13)11(3-4-11)7-1-2-8-9(5-7)15-6-14-8/h6-9,12-14,21H,10-11,15-17H2,1-5H3,(H,30,32);6-9,14H,10-11,19H2,1-5H3;1-2,5H,3-4,6H2,(H,12,13)/t21-;14-;/m11./s1/i17D2;;6D2. The summed E-state index contributed by atoms with van der Waals surface area (Å²) < 4.78 is 78.5. The van der Waals surface area contributed by atoms with Gasteiger partial charge in [-0.25, -0.2) is 0 Å². The summed E-state index contributed by atoms with van der Waals surface area (Å²) in [7, 11) is 0. The van der Waals surface area contributed by atoms with Gasteiger partial charge in [0, 0.05) is 55.4 Å². The van der Waals surface area contributed by atoms with E-state index in [1.54, 1.807) is 30.3 Å². The minimum absolute atomic E-state index is 0.0345. The van der Waals surface area contributed by atoms with Gasteiger partial charge in [-0.05, 0) is 137 Å². The number of nitrogens with two attached hydrogens (primary N) is 1. The van der Waals surface area contributed by atoms with E-state index in [-0.39, 0.29) is 34.7 Å². The first-order valence-corrected chi connectivity index (χ1v) is 25.1. The lowest BCUT2D eigenvalue weighted by Crippen LogP contribution is -2.27. The maximum Gasteiger partial charge on any atom is 0.314 e. The van der Waals surface area contributed by atoms with Gasteiger partial charge in [-0.3, -0.25) is 9.59 Å². The SMILES string of the molecule is CC1(C)OC[C@@H](Cn2c(C(C)(C)C)cc3cc(N)ccc32)O1.[2H]C1([2H])Oc2ccc(C3(C(=O)Nc4ccc5c(c4)cc(C(C)(C)C)n5C[C@@H]4COC(C)(C)O4)CC3)cc2O1.[2H]C1([2H])Oc2ccc(C3(C(=O)O)CC3)cc2O1. The number of carboxylic acid groups (broad SMARTS) is 1. The van der Waals surface area contributed by atoms with E-state index in [0.29, 0.717) is 55.4 Å². The van der Waals surface area contributed by atoms with Crippen molar-refractivity contribution in [3.05, 3.63) is 107 Å². The van der Waals surface area contributed by atoms with Crippen molar-refractivity contribution in [1.82, 2.24) is 9.13 Å². The van der Waals surface area contributed by atoms with Crippen LogP contribution >= 0.6 is 0 Å². The van der Waals surface area contributed by atoms with Crippen LogP contribution in [-0.2, 0) is 63.3 Å². The van der Waals surface area contributed by atoms with E-state index < -0.39 is 41.9 Å². The molecule has 4 aromatic carbocycles. The van der Waals surface area contributed by atoms with Crippen LogP contribution in [0.25, 0.3) is 21.8 Å². The van der Waals surface area contributed by atoms with Gasteiger partial charge in [-0.2, -0.15) is 0 Å². The number of rotatable bonds is 9. The van der Waals surface area contributed by atoms with Crippen LogP contribution in [0.2, 0.25) is 0 Å². The third kappa shape index (κ3) is 10.2. The van der Waals surface area contributed by atoms with Crippen molar-refractivity contribution in [3.8, 4) is 23.0 Å². The number of carboxylic acids is 1. The van der Waals surface area contributed by atoms with Crippen LogP contribution in [0.3, 0.4) is 0 Å². The number of aliphatic carboxylic acids is 1. The third-order valence-electron chi connectivity index (χ3n) is 14.5. The van der Waals surface area contributed by atoms with Gasteiger partial charge >= 0.3 is 5.97 Å². The molecule has 15 nitrogen and oxygen atoms in total. The second kappa shape index (κ2) is 18.3. The highest BCUT2D eigenvalue weighted by atomic mass is 16.7. The maximum atomic E-state index is 13.5. The highest BCUT2D eigenvalue weighted by Gasteiger charge is 2.53. The Labute approximate surface area is 432 Å². The van der Waals surface area contributed by atoms with Crippen molar-refractivity contribution >= 4 is 45.1 Å². The number of benzene rings is 4. The normalized spacial score (nSPS) is 23.5. The first-order chi connectivity index (χ1) is 35.8. The van der Waals surface area contributed by atoms with Crippen LogP contribution in [0.1, 0.15) is 123 Å². The Morgan fingerprint density at radius 1 is 0.630 bits per heavy atom. The van der Waals surface area contributed by atoms with Gasteiger partial charge in [-0.1, -0.05) is 53.7 Å². The smallest absolute Gasteiger partial charge is 0.314 e. The molecule has 4 N–H and O–H groups in total. The Hall–Kier alpha value is -6.26. The molecule has 15 heteroatoms. The number of hydrogen-bond donors (Lipinski definition) is 3. The molecule has 4 aliphatic heterocycles. The molecule has 0 unspecified atom stereocenters. The Bertz CT molecular complexity index is 3290. The predicted octanol–water partition coefficient (Wildman–Crippen LogP) is 10.7. The molecule has 2 aromatic heterocycles. The molecular formula is C58H70N4O11. The Morgan fingerprint density at radius 3 is 1.52 bits per heavy atom. The Kier molecular flexibility index (Phi) is 11.4. The molecule has 12 rings (SSSR count). The van der Waals surface area contributed by atoms with Crippen LogP contribution in [0, 0.1) is 0 Å². The highest BCUT2D eigenvalue weighted by molar-refractivity contribution is 6.02. The number of fused-ring (bicyclic) bond motifs is 4. The molecule has 0 bridgehead atoms. The van der Waals surface area contributed by atoms with Gasteiger partial charge in [0.15, 0.2) is 34.6 Å². The van der Waals surface area contributed by atoms with Crippen LogP contribution in [0.4, 0.5) is 11.4 Å². The predicted molar refractivity (Wildman–Crippen MR) is 279 cm³/mol. The summed E-state index contributed by atoms with van der Waals surface area (Å²) in [6.07, 6.45) is 2.69. The molecule has 6 aromatic rings. The lowest BCUT2D eigenvalue weighted by Gasteiger charge is -2.24. The molecular weight excluding hydrogens is 929 g/mol. The van der Waals surface area contributed by atoms with Gasteiger partial charge < -0.3 is 63.2 Å². The molecule has 4 fully saturated rings. The molecule has 2 atom stereocenters. The van der Waals surface area contributed by atoms with Crippen molar-refractivity contribution in [2.75, 3.05) is 37.8 Å². The van der Waals surface area contributed by atoms with Crippen molar-refractivity contribution in [3.63, 3.8) is 0 Å². The topological polar surface area (TPSA) is 176 Å². The Morgan fingerprint density at radius 2 is 1.08 bits per heavy atom. The van der Waals surface area contributed by atoms with E-state index >= 15 is 0 Å². The van der Waals surface area contributed by atoms with E-state index in [1.165, 1.54) is 22.3 Å².